The van der Waals surface area contributed by atoms with Crippen LogP contribution in [0.4, 0.5) is 0 Å². The van der Waals surface area contributed by atoms with Gasteiger partial charge in [-0.3, -0.25) is 4.79 Å². The minimum absolute atomic E-state index is 0.0569. The first-order valence-electron chi connectivity index (χ1n) is 7.21. The van der Waals surface area contributed by atoms with Crippen molar-refractivity contribution in [1.82, 2.24) is 4.90 Å². The van der Waals surface area contributed by atoms with Gasteiger partial charge in [0.25, 0.3) is 0 Å². The quantitative estimate of drug-likeness (QED) is 0.733. The average Bonchev–Trinajstić information content (AvgIpc) is 2.33. The van der Waals surface area contributed by atoms with Crippen molar-refractivity contribution in [3.8, 4) is 0 Å². The molecule has 1 aliphatic carbocycles. The maximum atomic E-state index is 12.5. The fraction of sp³-hybridized carbons (Fsp3) is 0.929. The molecule has 2 aliphatic rings. The fourth-order valence-electron chi connectivity index (χ4n) is 3.42. The molecular weight excluding hydrogens is 228 g/mol. The highest BCUT2D eigenvalue weighted by molar-refractivity contribution is 5.79. The summed E-state index contributed by atoms with van der Waals surface area (Å²) >= 11 is 0. The van der Waals surface area contributed by atoms with Gasteiger partial charge in [-0.25, -0.2) is 0 Å². The lowest BCUT2D eigenvalue weighted by Crippen LogP contribution is -2.50. The Morgan fingerprint density at radius 1 is 1.28 bits per heavy atom. The molecule has 5 atom stereocenters. The van der Waals surface area contributed by atoms with Crippen LogP contribution in [0.2, 0.25) is 0 Å². The summed E-state index contributed by atoms with van der Waals surface area (Å²) in [5.74, 6) is 1.19. The third-order valence-corrected chi connectivity index (χ3v) is 4.71. The minimum Gasteiger partial charge on any atom is -0.391 e. The molecule has 0 radical (unpaired) electrons. The number of piperidine rings is 1. The molecule has 2 fully saturated rings. The van der Waals surface area contributed by atoms with Gasteiger partial charge in [0.1, 0.15) is 0 Å². The summed E-state index contributed by atoms with van der Waals surface area (Å²) in [6, 6.07) is 0.143. The van der Waals surface area contributed by atoms with Crippen LogP contribution in [-0.2, 0) is 4.79 Å². The molecule has 104 valence electrons. The minimum atomic E-state index is -0.339. The van der Waals surface area contributed by atoms with Crippen LogP contribution in [0, 0.1) is 17.8 Å². The first kappa shape index (κ1) is 13.8. The van der Waals surface area contributed by atoms with Gasteiger partial charge in [0.15, 0.2) is 0 Å². The summed E-state index contributed by atoms with van der Waals surface area (Å²) < 4.78 is 0. The topological polar surface area (TPSA) is 66.6 Å². The van der Waals surface area contributed by atoms with Crippen LogP contribution in [0.1, 0.15) is 39.5 Å². The van der Waals surface area contributed by atoms with Crippen molar-refractivity contribution < 1.29 is 9.90 Å². The summed E-state index contributed by atoms with van der Waals surface area (Å²) in [4.78, 5) is 14.4. The number of hydrogen-bond donors (Lipinski definition) is 2. The molecule has 0 spiro atoms. The van der Waals surface area contributed by atoms with Crippen molar-refractivity contribution in [3.05, 3.63) is 0 Å². The zero-order valence-corrected chi connectivity index (χ0v) is 11.5. The van der Waals surface area contributed by atoms with E-state index in [1.807, 2.05) is 4.90 Å². The fourth-order valence-corrected chi connectivity index (χ4v) is 3.42. The molecule has 0 aromatic carbocycles. The summed E-state index contributed by atoms with van der Waals surface area (Å²) in [5, 5.41) is 9.67. The van der Waals surface area contributed by atoms with E-state index in [9.17, 15) is 9.90 Å². The Morgan fingerprint density at radius 2 is 2.00 bits per heavy atom. The zero-order valence-electron chi connectivity index (χ0n) is 11.5. The molecule has 1 aliphatic heterocycles. The van der Waals surface area contributed by atoms with Gasteiger partial charge in [0.05, 0.1) is 6.10 Å². The van der Waals surface area contributed by atoms with Crippen LogP contribution >= 0.6 is 0 Å². The van der Waals surface area contributed by atoms with Gasteiger partial charge in [0.2, 0.25) is 5.91 Å². The second-order valence-corrected chi connectivity index (χ2v) is 6.28. The molecule has 1 amide bonds. The number of aliphatic hydroxyl groups excluding tert-OH is 1. The lowest BCUT2D eigenvalue weighted by Gasteiger charge is -2.40. The van der Waals surface area contributed by atoms with Crippen molar-refractivity contribution in [2.24, 2.45) is 23.5 Å². The summed E-state index contributed by atoms with van der Waals surface area (Å²) in [7, 11) is 0. The van der Waals surface area contributed by atoms with Crippen LogP contribution in [0.3, 0.4) is 0 Å². The molecule has 1 heterocycles. The Kier molecular flexibility index (Phi) is 4.28. The number of nitrogens with zero attached hydrogens (tertiary/aromatic N) is 1. The van der Waals surface area contributed by atoms with Crippen molar-refractivity contribution in [2.75, 3.05) is 13.1 Å². The normalized spacial score (nSPS) is 41.8. The third-order valence-electron chi connectivity index (χ3n) is 4.71. The molecule has 18 heavy (non-hydrogen) atoms. The lowest BCUT2D eigenvalue weighted by atomic mass is 9.72. The first-order chi connectivity index (χ1) is 8.49. The van der Waals surface area contributed by atoms with Gasteiger partial charge in [0, 0.05) is 25.0 Å². The highest BCUT2D eigenvalue weighted by Crippen LogP contribution is 2.34. The van der Waals surface area contributed by atoms with E-state index in [1.54, 1.807) is 0 Å². The summed E-state index contributed by atoms with van der Waals surface area (Å²) in [6.45, 7) is 5.63. The second-order valence-electron chi connectivity index (χ2n) is 6.28. The van der Waals surface area contributed by atoms with Gasteiger partial charge >= 0.3 is 0 Å². The number of likely N-dealkylation sites (tertiary alicyclic amines) is 1. The number of aliphatic hydroxyl groups is 1. The van der Waals surface area contributed by atoms with Gasteiger partial charge in [-0.2, -0.15) is 0 Å². The molecular formula is C14H26N2O2. The Bertz CT molecular complexity index is 308. The standard InChI is InChI=1S/C14H26N2O2/c1-9-6-10(2)13(15)7-12(9)14(18)16-5-3-4-11(17)8-16/h9-13,17H,3-8,15H2,1-2H3. The van der Waals surface area contributed by atoms with Crippen LogP contribution in [0.15, 0.2) is 0 Å². The van der Waals surface area contributed by atoms with Gasteiger partial charge in [-0.15, -0.1) is 0 Å². The molecule has 3 N–H and O–H groups in total. The van der Waals surface area contributed by atoms with Crippen LogP contribution < -0.4 is 5.73 Å². The van der Waals surface area contributed by atoms with E-state index in [0.29, 0.717) is 18.4 Å². The number of amides is 1. The highest BCUT2D eigenvalue weighted by atomic mass is 16.3. The molecule has 0 aromatic heterocycles. The van der Waals surface area contributed by atoms with Gasteiger partial charge < -0.3 is 15.7 Å². The van der Waals surface area contributed by atoms with E-state index in [2.05, 4.69) is 13.8 Å². The van der Waals surface area contributed by atoms with Crippen LogP contribution in [-0.4, -0.2) is 41.1 Å². The predicted octanol–water partition coefficient (Wildman–Crippen LogP) is 0.979. The molecule has 0 aromatic rings. The van der Waals surface area contributed by atoms with Crippen molar-refractivity contribution >= 4 is 5.91 Å². The number of hydrogen-bond acceptors (Lipinski definition) is 3. The van der Waals surface area contributed by atoms with E-state index in [1.165, 1.54) is 0 Å². The number of β-amino-alcohol motifs (C(OH)–C–C–N with tert-alkyl or cyclic N) is 1. The largest absolute Gasteiger partial charge is 0.391 e. The highest BCUT2D eigenvalue weighted by Gasteiger charge is 2.37. The number of rotatable bonds is 1. The van der Waals surface area contributed by atoms with Gasteiger partial charge in [-0.1, -0.05) is 13.8 Å². The molecule has 4 heteroatoms. The molecule has 1 saturated heterocycles. The summed E-state index contributed by atoms with van der Waals surface area (Å²) in [6.07, 6.45) is 3.23. The number of carbonyl (C=O) groups is 1. The average molecular weight is 254 g/mol. The summed E-state index contributed by atoms with van der Waals surface area (Å²) in [5.41, 5.74) is 6.11. The van der Waals surface area contributed by atoms with Crippen LogP contribution in [0.25, 0.3) is 0 Å². The van der Waals surface area contributed by atoms with Crippen molar-refractivity contribution in [1.29, 1.82) is 0 Å². The zero-order chi connectivity index (χ0) is 13.3. The Hall–Kier alpha value is -0.610. The molecule has 1 saturated carbocycles. The van der Waals surface area contributed by atoms with E-state index >= 15 is 0 Å². The van der Waals surface area contributed by atoms with Gasteiger partial charge in [-0.05, 0) is 37.5 Å². The van der Waals surface area contributed by atoms with E-state index < -0.39 is 0 Å². The Labute approximate surface area is 110 Å². The molecule has 2 rings (SSSR count). The van der Waals surface area contributed by atoms with Crippen molar-refractivity contribution in [3.63, 3.8) is 0 Å². The lowest BCUT2D eigenvalue weighted by molar-refractivity contribution is -0.142. The van der Waals surface area contributed by atoms with Crippen molar-refractivity contribution in [2.45, 2.75) is 51.7 Å². The first-order valence-corrected chi connectivity index (χ1v) is 7.21. The molecule has 0 bridgehead atoms. The van der Waals surface area contributed by atoms with E-state index in [4.69, 9.17) is 5.73 Å². The smallest absolute Gasteiger partial charge is 0.226 e. The third kappa shape index (κ3) is 2.86. The number of carbonyl (C=O) groups excluding carboxylic acids is 1. The maximum Gasteiger partial charge on any atom is 0.226 e. The van der Waals surface area contributed by atoms with Crippen LogP contribution in [0.5, 0.6) is 0 Å². The second kappa shape index (κ2) is 5.57. The Morgan fingerprint density at radius 3 is 2.67 bits per heavy atom. The van der Waals surface area contributed by atoms with E-state index in [-0.39, 0.29) is 24.0 Å². The SMILES string of the molecule is CC1CC(C)C(C(=O)N2CCCC(O)C2)CC1N. The maximum absolute atomic E-state index is 12.5. The monoisotopic (exact) mass is 254 g/mol. The Balaban J connectivity index is 1.99. The molecule has 5 unspecified atom stereocenters. The predicted molar refractivity (Wildman–Crippen MR) is 70.8 cm³/mol. The van der Waals surface area contributed by atoms with E-state index in [0.717, 1.165) is 32.2 Å². The number of nitrogens with two attached hydrogens (primary N) is 1. The molecule has 4 nitrogen and oxygen atoms in total.